The minimum Gasteiger partial charge on any atom is -0.494 e. The van der Waals surface area contributed by atoms with E-state index in [0.717, 1.165) is 26.4 Å². The monoisotopic (exact) mass is 396 g/mol. The molecule has 0 saturated heterocycles. The van der Waals surface area contributed by atoms with Crippen molar-refractivity contribution in [1.29, 1.82) is 0 Å². The molecule has 0 aromatic heterocycles. The summed E-state index contributed by atoms with van der Waals surface area (Å²) < 4.78 is 11.9. The highest BCUT2D eigenvalue weighted by Gasteiger charge is 2.06. The average molecular weight is 398 g/mol. The van der Waals surface area contributed by atoms with Crippen LogP contribution in [0.4, 0.5) is 0 Å². The second kappa shape index (κ2) is 8.37. The maximum absolute atomic E-state index is 11.8. The van der Waals surface area contributed by atoms with Gasteiger partial charge in [-0.2, -0.15) is 0 Å². The normalized spacial score (nSPS) is 10.4. The van der Waals surface area contributed by atoms with Gasteiger partial charge in [0.25, 0.3) is 0 Å². The Morgan fingerprint density at radius 3 is 2.30 bits per heavy atom. The highest BCUT2D eigenvalue weighted by atomic mass is 79.9. The van der Waals surface area contributed by atoms with Crippen molar-refractivity contribution < 1.29 is 14.3 Å². The highest BCUT2D eigenvalue weighted by molar-refractivity contribution is 9.10. The SMILES string of the molecule is Cc1cc(OCCCC(=O)Oc2ccc(Br)cc2)cc(C)c1Cl. The van der Waals surface area contributed by atoms with E-state index in [1.807, 2.05) is 38.1 Å². The Labute approximate surface area is 149 Å². The summed E-state index contributed by atoms with van der Waals surface area (Å²) in [5.41, 5.74) is 1.97. The van der Waals surface area contributed by atoms with Crippen LogP contribution in [0.2, 0.25) is 5.02 Å². The van der Waals surface area contributed by atoms with Crippen molar-refractivity contribution >= 4 is 33.5 Å². The van der Waals surface area contributed by atoms with Crippen LogP contribution in [-0.4, -0.2) is 12.6 Å². The molecule has 0 unspecified atom stereocenters. The molecule has 0 aliphatic rings. The maximum atomic E-state index is 11.8. The fourth-order valence-corrected chi connectivity index (χ4v) is 2.45. The van der Waals surface area contributed by atoms with Crippen molar-refractivity contribution in [1.82, 2.24) is 0 Å². The van der Waals surface area contributed by atoms with Crippen LogP contribution in [0.15, 0.2) is 40.9 Å². The molecule has 2 aromatic carbocycles. The Morgan fingerprint density at radius 2 is 1.70 bits per heavy atom. The molecule has 0 aliphatic heterocycles. The Bertz CT molecular complexity index is 660. The van der Waals surface area contributed by atoms with Gasteiger partial charge in [-0.25, -0.2) is 0 Å². The van der Waals surface area contributed by atoms with E-state index in [1.54, 1.807) is 12.1 Å². The molecule has 3 nitrogen and oxygen atoms in total. The number of carbonyl (C=O) groups excluding carboxylic acids is 1. The van der Waals surface area contributed by atoms with Crippen LogP contribution in [0.5, 0.6) is 11.5 Å². The largest absolute Gasteiger partial charge is 0.494 e. The number of halogens is 2. The van der Waals surface area contributed by atoms with Gasteiger partial charge in [-0.1, -0.05) is 27.5 Å². The lowest BCUT2D eigenvalue weighted by molar-refractivity contribution is -0.134. The molecular formula is C18H18BrClO3. The number of aryl methyl sites for hydroxylation is 2. The number of hydrogen-bond donors (Lipinski definition) is 0. The predicted molar refractivity (Wildman–Crippen MR) is 95.4 cm³/mol. The van der Waals surface area contributed by atoms with E-state index in [2.05, 4.69) is 15.9 Å². The lowest BCUT2D eigenvalue weighted by Crippen LogP contribution is -2.10. The number of esters is 1. The summed E-state index contributed by atoms with van der Waals surface area (Å²) in [5.74, 6) is 1.05. The van der Waals surface area contributed by atoms with Crippen LogP contribution >= 0.6 is 27.5 Å². The molecule has 0 saturated carbocycles. The number of carbonyl (C=O) groups is 1. The van der Waals surface area contributed by atoms with Crippen molar-refractivity contribution in [2.75, 3.05) is 6.61 Å². The van der Waals surface area contributed by atoms with Crippen molar-refractivity contribution in [3.8, 4) is 11.5 Å². The van der Waals surface area contributed by atoms with Gasteiger partial charge in [0.1, 0.15) is 11.5 Å². The molecule has 0 amide bonds. The molecule has 2 rings (SSSR count). The molecule has 0 N–H and O–H groups in total. The summed E-state index contributed by atoms with van der Waals surface area (Å²) in [6.07, 6.45) is 0.900. The molecule has 0 heterocycles. The summed E-state index contributed by atoms with van der Waals surface area (Å²) in [6, 6.07) is 11.0. The first kappa shape index (κ1) is 17.8. The Morgan fingerprint density at radius 1 is 1.09 bits per heavy atom. The zero-order valence-electron chi connectivity index (χ0n) is 13.1. The third kappa shape index (κ3) is 5.56. The van der Waals surface area contributed by atoms with E-state index in [1.165, 1.54) is 0 Å². The molecule has 0 aliphatic carbocycles. The third-order valence-corrected chi connectivity index (χ3v) is 4.37. The lowest BCUT2D eigenvalue weighted by atomic mass is 10.1. The van der Waals surface area contributed by atoms with Gasteiger partial charge in [0.15, 0.2) is 0 Å². The maximum Gasteiger partial charge on any atom is 0.311 e. The fourth-order valence-electron chi connectivity index (χ4n) is 2.08. The van der Waals surface area contributed by atoms with Crippen LogP contribution in [0.25, 0.3) is 0 Å². The molecule has 23 heavy (non-hydrogen) atoms. The van der Waals surface area contributed by atoms with E-state index in [4.69, 9.17) is 21.1 Å². The molecular weight excluding hydrogens is 380 g/mol. The summed E-state index contributed by atoms with van der Waals surface area (Å²) in [7, 11) is 0. The van der Waals surface area contributed by atoms with Gasteiger partial charge in [-0.05, 0) is 67.8 Å². The molecule has 0 fully saturated rings. The number of rotatable bonds is 6. The first-order valence-corrected chi connectivity index (χ1v) is 8.48. The molecule has 5 heteroatoms. The summed E-state index contributed by atoms with van der Waals surface area (Å²) in [6.45, 7) is 4.34. The van der Waals surface area contributed by atoms with E-state index in [-0.39, 0.29) is 5.97 Å². The van der Waals surface area contributed by atoms with E-state index in [0.29, 0.717) is 25.2 Å². The van der Waals surface area contributed by atoms with Crippen molar-refractivity contribution in [3.05, 3.63) is 57.0 Å². The molecule has 122 valence electrons. The Balaban J connectivity index is 1.74. The molecule has 0 radical (unpaired) electrons. The van der Waals surface area contributed by atoms with Crippen molar-refractivity contribution in [2.24, 2.45) is 0 Å². The molecule has 2 aromatic rings. The van der Waals surface area contributed by atoms with Crippen molar-refractivity contribution in [3.63, 3.8) is 0 Å². The van der Waals surface area contributed by atoms with Crippen molar-refractivity contribution in [2.45, 2.75) is 26.7 Å². The quantitative estimate of drug-likeness (QED) is 0.367. The average Bonchev–Trinajstić information content (AvgIpc) is 2.51. The van der Waals surface area contributed by atoms with Gasteiger partial charge < -0.3 is 9.47 Å². The first-order chi connectivity index (χ1) is 11.0. The Hall–Kier alpha value is -1.52. The number of ether oxygens (including phenoxy) is 2. The third-order valence-electron chi connectivity index (χ3n) is 3.25. The van der Waals surface area contributed by atoms with Gasteiger partial charge in [0.2, 0.25) is 0 Å². The van der Waals surface area contributed by atoms with Gasteiger partial charge in [0.05, 0.1) is 6.61 Å². The summed E-state index contributed by atoms with van der Waals surface area (Å²) in [4.78, 5) is 11.8. The van der Waals surface area contributed by atoms with E-state index >= 15 is 0 Å². The second-order valence-corrected chi connectivity index (χ2v) is 6.54. The lowest BCUT2D eigenvalue weighted by Gasteiger charge is -2.10. The minimum atomic E-state index is -0.264. The Kier molecular flexibility index (Phi) is 6.48. The summed E-state index contributed by atoms with van der Waals surface area (Å²) in [5, 5.41) is 0.760. The zero-order valence-corrected chi connectivity index (χ0v) is 15.4. The van der Waals surface area contributed by atoms with Crippen LogP contribution in [0.3, 0.4) is 0 Å². The summed E-state index contributed by atoms with van der Waals surface area (Å²) >= 11 is 9.45. The fraction of sp³-hybridized carbons (Fsp3) is 0.278. The molecule has 0 bridgehead atoms. The van der Waals surface area contributed by atoms with Gasteiger partial charge in [-0.15, -0.1) is 0 Å². The highest BCUT2D eigenvalue weighted by Crippen LogP contribution is 2.26. The van der Waals surface area contributed by atoms with E-state index < -0.39 is 0 Å². The standard InChI is InChI=1S/C18H18BrClO3/c1-12-10-16(11-13(2)18(12)20)22-9-3-4-17(21)23-15-7-5-14(19)6-8-15/h5-8,10-11H,3-4,9H2,1-2H3. The van der Waals surface area contributed by atoms with Crippen LogP contribution in [-0.2, 0) is 4.79 Å². The zero-order chi connectivity index (χ0) is 16.8. The van der Waals surface area contributed by atoms with Gasteiger partial charge in [0, 0.05) is 15.9 Å². The van der Waals surface area contributed by atoms with Crippen LogP contribution < -0.4 is 9.47 Å². The predicted octanol–water partition coefficient (Wildman–Crippen LogP) is 5.48. The topological polar surface area (TPSA) is 35.5 Å². The number of benzene rings is 2. The van der Waals surface area contributed by atoms with Gasteiger partial charge in [-0.3, -0.25) is 4.79 Å². The first-order valence-electron chi connectivity index (χ1n) is 7.31. The smallest absolute Gasteiger partial charge is 0.311 e. The number of hydrogen-bond acceptors (Lipinski definition) is 3. The molecule has 0 spiro atoms. The minimum absolute atomic E-state index is 0.264. The van der Waals surface area contributed by atoms with Gasteiger partial charge >= 0.3 is 5.97 Å². The molecule has 0 atom stereocenters. The van der Waals surface area contributed by atoms with Crippen LogP contribution in [0, 0.1) is 13.8 Å². The van der Waals surface area contributed by atoms with Crippen LogP contribution in [0.1, 0.15) is 24.0 Å². The second-order valence-electron chi connectivity index (χ2n) is 5.25. The van der Waals surface area contributed by atoms with E-state index in [9.17, 15) is 4.79 Å².